The zero-order chi connectivity index (χ0) is 20.4. The Morgan fingerprint density at radius 2 is 2.00 bits per heavy atom. The van der Waals surface area contributed by atoms with Crippen LogP contribution in [0.3, 0.4) is 0 Å². The number of benzene rings is 2. The molecule has 0 bridgehead atoms. The Labute approximate surface area is 172 Å². The van der Waals surface area contributed by atoms with Gasteiger partial charge in [0.25, 0.3) is 5.91 Å². The highest BCUT2D eigenvalue weighted by molar-refractivity contribution is 7.19. The van der Waals surface area contributed by atoms with E-state index in [1.807, 2.05) is 57.2 Å². The van der Waals surface area contributed by atoms with Crippen LogP contribution in [0.1, 0.15) is 37.0 Å². The molecule has 0 saturated carbocycles. The van der Waals surface area contributed by atoms with E-state index >= 15 is 0 Å². The molecule has 8 heteroatoms. The lowest BCUT2D eigenvalue weighted by atomic mass is 10.1. The quantitative estimate of drug-likeness (QED) is 0.510. The van der Waals surface area contributed by atoms with Gasteiger partial charge in [0, 0.05) is 23.2 Å². The zero-order valence-corrected chi connectivity index (χ0v) is 17.2. The third-order valence-electron chi connectivity index (χ3n) is 4.21. The summed E-state index contributed by atoms with van der Waals surface area (Å²) in [5, 5.41) is 16.7. The van der Waals surface area contributed by atoms with E-state index in [9.17, 15) is 4.79 Å². The third-order valence-corrected chi connectivity index (χ3v) is 5.15. The van der Waals surface area contributed by atoms with E-state index in [1.54, 1.807) is 16.6 Å². The monoisotopic (exact) mass is 407 g/mol. The van der Waals surface area contributed by atoms with E-state index in [-0.39, 0.29) is 12.0 Å². The molecular formula is C21H21N5O2S. The van der Waals surface area contributed by atoms with Crippen LogP contribution in [0.5, 0.6) is 5.75 Å². The SMILES string of the molecule is CCc1nnc2sc(-c3cccc(NC(=O)c4cccc(OC(C)C)c4)c3)nn12. The number of hydrogen-bond acceptors (Lipinski definition) is 6. The second-order valence-electron chi connectivity index (χ2n) is 6.80. The second kappa shape index (κ2) is 8.00. The number of nitrogens with one attached hydrogen (secondary N) is 1. The van der Waals surface area contributed by atoms with Crippen molar-refractivity contribution in [3.63, 3.8) is 0 Å². The van der Waals surface area contributed by atoms with Gasteiger partial charge in [0.1, 0.15) is 10.8 Å². The molecule has 0 saturated heterocycles. The molecule has 4 aromatic rings. The second-order valence-corrected chi connectivity index (χ2v) is 7.76. The van der Waals surface area contributed by atoms with Crippen molar-refractivity contribution in [3.05, 3.63) is 59.9 Å². The lowest BCUT2D eigenvalue weighted by Gasteiger charge is -2.11. The van der Waals surface area contributed by atoms with E-state index in [2.05, 4.69) is 20.6 Å². The minimum absolute atomic E-state index is 0.0489. The number of ether oxygens (including phenoxy) is 1. The van der Waals surface area contributed by atoms with Crippen molar-refractivity contribution in [1.29, 1.82) is 0 Å². The van der Waals surface area contributed by atoms with Gasteiger partial charge in [-0.1, -0.05) is 36.5 Å². The molecule has 0 spiro atoms. The Balaban J connectivity index is 1.55. The largest absolute Gasteiger partial charge is 0.491 e. The first-order valence-corrected chi connectivity index (χ1v) is 10.2. The Kier molecular flexibility index (Phi) is 5.26. The van der Waals surface area contributed by atoms with Gasteiger partial charge in [-0.15, -0.1) is 10.2 Å². The van der Waals surface area contributed by atoms with Crippen molar-refractivity contribution in [2.45, 2.75) is 33.3 Å². The number of fused-ring (bicyclic) bond motifs is 1. The fourth-order valence-electron chi connectivity index (χ4n) is 2.91. The molecule has 4 rings (SSSR count). The van der Waals surface area contributed by atoms with Gasteiger partial charge in [0.15, 0.2) is 5.82 Å². The molecule has 2 heterocycles. The van der Waals surface area contributed by atoms with Crippen LogP contribution in [0.4, 0.5) is 5.69 Å². The first-order chi connectivity index (χ1) is 14.0. The lowest BCUT2D eigenvalue weighted by Crippen LogP contribution is -2.12. The number of aryl methyl sites for hydroxylation is 1. The zero-order valence-electron chi connectivity index (χ0n) is 16.4. The average molecular weight is 407 g/mol. The highest BCUT2D eigenvalue weighted by Gasteiger charge is 2.13. The van der Waals surface area contributed by atoms with E-state index < -0.39 is 0 Å². The van der Waals surface area contributed by atoms with Crippen LogP contribution < -0.4 is 10.1 Å². The van der Waals surface area contributed by atoms with Crippen LogP contribution in [0.2, 0.25) is 0 Å². The number of nitrogens with zero attached hydrogens (tertiary/aromatic N) is 4. The molecule has 0 unspecified atom stereocenters. The highest BCUT2D eigenvalue weighted by atomic mass is 32.1. The summed E-state index contributed by atoms with van der Waals surface area (Å²) in [6.45, 7) is 5.92. The molecule has 1 N–H and O–H groups in total. The number of hydrogen-bond donors (Lipinski definition) is 1. The summed E-state index contributed by atoms with van der Waals surface area (Å²) in [4.78, 5) is 13.4. The number of anilines is 1. The van der Waals surface area contributed by atoms with E-state index in [4.69, 9.17) is 4.74 Å². The van der Waals surface area contributed by atoms with Gasteiger partial charge in [-0.25, -0.2) is 0 Å². The molecule has 29 heavy (non-hydrogen) atoms. The van der Waals surface area contributed by atoms with Crippen molar-refractivity contribution in [2.24, 2.45) is 0 Å². The third kappa shape index (κ3) is 4.12. The normalized spacial score (nSPS) is 11.2. The topological polar surface area (TPSA) is 81.4 Å². The maximum absolute atomic E-state index is 12.7. The van der Waals surface area contributed by atoms with Crippen LogP contribution in [-0.2, 0) is 6.42 Å². The van der Waals surface area contributed by atoms with E-state index in [0.717, 1.165) is 27.8 Å². The summed E-state index contributed by atoms with van der Waals surface area (Å²) in [5.74, 6) is 1.31. The fraction of sp³-hybridized carbons (Fsp3) is 0.238. The van der Waals surface area contributed by atoms with Crippen LogP contribution >= 0.6 is 11.3 Å². The van der Waals surface area contributed by atoms with Crippen molar-refractivity contribution in [2.75, 3.05) is 5.32 Å². The summed E-state index contributed by atoms with van der Waals surface area (Å²) in [5.41, 5.74) is 2.15. The molecule has 0 aliphatic rings. The number of aromatic nitrogens is 4. The van der Waals surface area contributed by atoms with Crippen molar-refractivity contribution < 1.29 is 9.53 Å². The minimum atomic E-state index is -0.192. The molecule has 0 aliphatic heterocycles. The standard InChI is InChI=1S/C21H21N5O2S/c1-4-18-23-24-21-26(18)25-20(29-21)15-8-5-9-16(11-15)22-19(27)14-7-6-10-17(12-14)28-13(2)3/h5-13H,4H2,1-3H3,(H,22,27). The van der Waals surface area contributed by atoms with Crippen LogP contribution in [0, 0.1) is 0 Å². The number of carbonyl (C=O) groups is 1. The first kappa shape index (κ1) is 19.1. The van der Waals surface area contributed by atoms with Gasteiger partial charge >= 0.3 is 0 Å². The van der Waals surface area contributed by atoms with Crippen molar-refractivity contribution in [3.8, 4) is 16.3 Å². The number of carbonyl (C=O) groups excluding carboxylic acids is 1. The molecule has 0 radical (unpaired) electrons. The number of amides is 1. The summed E-state index contributed by atoms with van der Waals surface area (Å²) >= 11 is 1.47. The van der Waals surface area contributed by atoms with Crippen LogP contribution in [0.15, 0.2) is 48.5 Å². The Morgan fingerprint density at radius 3 is 2.79 bits per heavy atom. The number of rotatable bonds is 6. The predicted octanol–water partition coefficient (Wildman–Crippen LogP) is 4.45. The molecule has 148 valence electrons. The van der Waals surface area contributed by atoms with Gasteiger partial charge in [-0.3, -0.25) is 4.79 Å². The van der Waals surface area contributed by atoms with Crippen molar-refractivity contribution >= 4 is 27.9 Å². The van der Waals surface area contributed by atoms with Gasteiger partial charge in [0.05, 0.1) is 6.10 Å². The van der Waals surface area contributed by atoms with Gasteiger partial charge in [-0.05, 0) is 44.2 Å². The molecule has 7 nitrogen and oxygen atoms in total. The van der Waals surface area contributed by atoms with Gasteiger partial charge < -0.3 is 10.1 Å². The Hall–Kier alpha value is -3.26. The molecule has 0 atom stereocenters. The van der Waals surface area contributed by atoms with Crippen LogP contribution in [-0.4, -0.2) is 31.8 Å². The summed E-state index contributed by atoms with van der Waals surface area (Å²) in [6.07, 6.45) is 0.813. The van der Waals surface area contributed by atoms with E-state index in [0.29, 0.717) is 17.0 Å². The summed E-state index contributed by atoms with van der Waals surface area (Å²) in [7, 11) is 0. The van der Waals surface area contributed by atoms with Crippen LogP contribution in [0.25, 0.3) is 15.5 Å². The molecule has 2 aromatic heterocycles. The summed E-state index contributed by atoms with van der Waals surface area (Å²) < 4.78 is 7.44. The smallest absolute Gasteiger partial charge is 0.255 e. The minimum Gasteiger partial charge on any atom is -0.491 e. The first-order valence-electron chi connectivity index (χ1n) is 9.43. The Morgan fingerprint density at radius 1 is 1.17 bits per heavy atom. The lowest BCUT2D eigenvalue weighted by molar-refractivity contribution is 0.102. The Bertz CT molecular complexity index is 1160. The molecule has 0 aliphatic carbocycles. The average Bonchev–Trinajstić information content (AvgIpc) is 3.28. The predicted molar refractivity (Wildman–Crippen MR) is 114 cm³/mol. The molecule has 2 aromatic carbocycles. The fourth-order valence-corrected chi connectivity index (χ4v) is 3.77. The summed E-state index contributed by atoms with van der Waals surface area (Å²) in [6, 6.07) is 14.8. The molecule has 1 amide bonds. The van der Waals surface area contributed by atoms with Crippen molar-refractivity contribution in [1.82, 2.24) is 19.8 Å². The van der Waals surface area contributed by atoms with Gasteiger partial charge in [0.2, 0.25) is 4.96 Å². The maximum Gasteiger partial charge on any atom is 0.255 e. The van der Waals surface area contributed by atoms with E-state index in [1.165, 1.54) is 11.3 Å². The molecule has 0 fully saturated rings. The van der Waals surface area contributed by atoms with Gasteiger partial charge in [-0.2, -0.15) is 9.61 Å². The highest BCUT2D eigenvalue weighted by Crippen LogP contribution is 2.28. The molecular weight excluding hydrogens is 386 g/mol. The maximum atomic E-state index is 12.7.